The molecule has 0 amide bonds. The van der Waals surface area contributed by atoms with Crippen molar-refractivity contribution in [3.8, 4) is 5.75 Å². The number of rotatable bonds is 7. The van der Waals surface area contributed by atoms with Crippen molar-refractivity contribution in [1.82, 2.24) is 14.1 Å². The summed E-state index contributed by atoms with van der Waals surface area (Å²) in [7, 11) is 0. The highest BCUT2D eigenvalue weighted by atomic mass is 35.5. The Bertz CT molecular complexity index is 1400. The third-order valence-electron chi connectivity index (χ3n) is 4.92. The van der Waals surface area contributed by atoms with Crippen LogP contribution < -0.4 is 21.7 Å². The second-order valence-electron chi connectivity index (χ2n) is 7.52. The predicted octanol–water partition coefficient (Wildman–Crippen LogP) is 1.93. The fourth-order valence-electron chi connectivity index (χ4n) is 3.18. The maximum Gasteiger partial charge on any atom is 0.335 e. The quantitative estimate of drug-likeness (QED) is 0.497. The molecule has 2 aromatic carbocycles. The Kier molecular flexibility index (Phi) is 7.09. The molecule has 2 heterocycles. The van der Waals surface area contributed by atoms with Crippen LogP contribution in [-0.4, -0.2) is 38.3 Å². The van der Waals surface area contributed by atoms with Crippen molar-refractivity contribution in [2.75, 3.05) is 13.2 Å². The Morgan fingerprint density at radius 3 is 2.56 bits per heavy atom. The first-order valence-electron chi connectivity index (χ1n) is 10.4. The van der Waals surface area contributed by atoms with Gasteiger partial charge in [-0.3, -0.25) is 9.55 Å². The predicted molar refractivity (Wildman–Crippen MR) is 126 cm³/mol. The summed E-state index contributed by atoms with van der Waals surface area (Å²) in [6, 6.07) is 13.8. The van der Waals surface area contributed by atoms with Gasteiger partial charge in [0.15, 0.2) is 0 Å². The largest absolute Gasteiger partial charge is 0.440 e. The average molecular weight is 484 g/mol. The van der Waals surface area contributed by atoms with E-state index in [4.69, 9.17) is 21.2 Å². The Morgan fingerprint density at radius 2 is 1.91 bits per heavy atom. The number of nitrogens with one attached hydrogen (secondary N) is 1. The first-order chi connectivity index (χ1) is 16.4. The molecule has 3 aromatic rings. The lowest BCUT2D eigenvalue weighted by atomic mass is 10.2. The van der Waals surface area contributed by atoms with Crippen molar-refractivity contribution >= 4 is 23.2 Å². The lowest BCUT2D eigenvalue weighted by Crippen LogP contribution is -2.50. The zero-order chi connectivity index (χ0) is 24.1. The number of aromatic nitrogens is 3. The summed E-state index contributed by atoms with van der Waals surface area (Å²) >= 11 is 5.97. The molecule has 0 saturated heterocycles. The number of aromatic amines is 1. The summed E-state index contributed by atoms with van der Waals surface area (Å²) in [6.45, 7) is 3.83. The van der Waals surface area contributed by atoms with E-state index in [9.17, 15) is 14.7 Å². The molecular weight excluding hydrogens is 462 g/mol. The molecule has 11 heteroatoms. The Morgan fingerprint density at radius 1 is 1.18 bits per heavy atom. The standard InChI is InChI=1S/C23H22ClN5O5/c1-15(14-30)12-29-22(31)26-21(28(23(29)32)13-16-2-4-17(24)5-3-16)25-18-6-8-19(9-7-18)34-20-10-11-33-27-20/h2-9,30H,1,10-14H2,(H,25,26,31). The topological polar surface area (TPSA) is 123 Å². The number of oxime groups is 1. The van der Waals surface area contributed by atoms with E-state index in [-0.39, 0.29) is 25.3 Å². The van der Waals surface area contributed by atoms with Gasteiger partial charge in [-0.1, -0.05) is 35.5 Å². The van der Waals surface area contributed by atoms with Gasteiger partial charge in [-0.2, -0.15) is 0 Å². The number of aliphatic hydroxyl groups is 1. The van der Waals surface area contributed by atoms with E-state index in [0.29, 0.717) is 41.0 Å². The maximum absolute atomic E-state index is 13.2. The molecule has 0 aliphatic carbocycles. The number of benzene rings is 2. The van der Waals surface area contributed by atoms with E-state index in [1.54, 1.807) is 48.5 Å². The smallest absolute Gasteiger partial charge is 0.335 e. The van der Waals surface area contributed by atoms with Crippen molar-refractivity contribution < 1.29 is 14.7 Å². The van der Waals surface area contributed by atoms with E-state index >= 15 is 0 Å². The van der Waals surface area contributed by atoms with Gasteiger partial charge in [-0.15, -0.1) is 0 Å². The van der Waals surface area contributed by atoms with Crippen molar-refractivity contribution in [2.24, 2.45) is 10.1 Å². The summed E-state index contributed by atoms with van der Waals surface area (Å²) in [5.41, 5.74) is 0.414. The van der Waals surface area contributed by atoms with Crippen LogP contribution in [-0.2, 0) is 17.9 Å². The number of ether oxygens (including phenoxy) is 1. The molecule has 0 radical (unpaired) electrons. The molecule has 0 fully saturated rings. The fourth-order valence-corrected chi connectivity index (χ4v) is 3.31. The van der Waals surface area contributed by atoms with Crippen LogP contribution in [0.15, 0.2) is 80.4 Å². The molecule has 2 N–H and O–H groups in total. The first-order valence-corrected chi connectivity index (χ1v) is 10.8. The van der Waals surface area contributed by atoms with Gasteiger partial charge in [0, 0.05) is 5.02 Å². The minimum atomic E-state index is -0.662. The molecule has 176 valence electrons. The molecular formula is C23H22ClN5O5. The molecule has 0 bridgehead atoms. The Balaban J connectivity index is 1.74. The maximum atomic E-state index is 13.2. The molecule has 0 unspecified atom stereocenters. The summed E-state index contributed by atoms with van der Waals surface area (Å²) in [5, 5.41) is 13.6. The van der Waals surface area contributed by atoms with Gasteiger partial charge in [-0.25, -0.2) is 19.1 Å². The van der Waals surface area contributed by atoms with Crippen LogP contribution in [0.1, 0.15) is 12.0 Å². The molecule has 0 atom stereocenters. The van der Waals surface area contributed by atoms with Crippen molar-refractivity contribution in [1.29, 1.82) is 0 Å². The lowest BCUT2D eigenvalue weighted by Gasteiger charge is -2.12. The van der Waals surface area contributed by atoms with E-state index in [1.807, 2.05) is 0 Å². The zero-order valence-corrected chi connectivity index (χ0v) is 18.9. The van der Waals surface area contributed by atoms with Crippen LogP contribution in [0.25, 0.3) is 0 Å². The van der Waals surface area contributed by atoms with Gasteiger partial charge in [-0.05, 0) is 47.5 Å². The van der Waals surface area contributed by atoms with Crippen LogP contribution in [0.3, 0.4) is 0 Å². The van der Waals surface area contributed by atoms with Gasteiger partial charge < -0.3 is 14.7 Å². The number of hydrogen-bond acceptors (Lipinski definition) is 7. The molecule has 10 nitrogen and oxygen atoms in total. The van der Waals surface area contributed by atoms with Crippen LogP contribution in [0.5, 0.6) is 5.75 Å². The molecule has 0 saturated carbocycles. The number of H-pyrrole nitrogens is 1. The van der Waals surface area contributed by atoms with Crippen molar-refractivity contribution in [2.45, 2.75) is 19.5 Å². The average Bonchev–Trinajstić information content (AvgIpc) is 3.34. The van der Waals surface area contributed by atoms with Gasteiger partial charge in [0.2, 0.25) is 11.5 Å². The van der Waals surface area contributed by atoms with Crippen LogP contribution in [0.2, 0.25) is 5.02 Å². The molecule has 1 aliphatic rings. The molecule has 0 spiro atoms. The van der Waals surface area contributed by atoms with Gasteiger partial charge in [0.25, 0.3) is 0 Å². The van der Waals surface area contributed by atoms with Crippen molar-refractivity contribution in [3.05, 3.63) is 97.9 Å². The molecule has 34 heavy (non-hydrogen) atoms. The van der Waals surface area contributed by atoms with Crippen LogP contribution >= 0.6 is 11.6 Å². The normalized spacial score (nSPS) is 13.5. The number of halogens is 1. The van der Waals surface area contributed by atoms with Gasteiger partial charge >= 0.3 is 11.4 Å². The minimum Gasteiger partial charge on any atom is -0.440 e. The highest BCUT2D eigenvalue weighted by molar-refractivity contribution is 6.30. The first kappa shape index (κ1) is 23.3. The Hall–Kier alpha value is -3.89. The van der Waals surface area contributed by atoms with Gasteiger partial charge in [0.05, 0.1) is 31.8 Å². The highest BCUT2D eigenvalue weighted by Gasteiger charge is 2.12. The fraction of sp³-hybridized carbons (Fsp3) is 0.217. The van der Waals surface area contributed by atoms with Crippen molar-refractivity contribution in [3.63, 3.8) is 0 Å². The molecule has 1 aromatic heterocycles. The summed E-state index contributed by atoms with van der Waals surface area (Å²) in [5.74, 6) is 1.05. The van der Waals surface area contributed by atoms with E-state index in [2.05, 4.69) is 21.7 Å². The summed E-state index contributed by atoms with van der Waals surface area (Å²) in [6.07, 6.45) is 0.594. The highest BCUT2D eigenvalue weighted by Crippen LogP contribution is 2.19. The monoisotopic (exact) mass is 483 g/mol. The minimum absolute atomic E-state index is 0.0676. The van der Waals surface area contributed by atoms with E-state index in [1.165, 1.54) is 4.57 Å². The van der Waals surface area contributed by atoms with E-state index < -0.39 is 11.4 Å². The number of hydrogen-bond donors (Lipinski definition) is 2. The third kappa shape index (κ3) is 5.53. The molecule has 4 rings (SSSR count). The third-order valence-corrected chi connectivity index (χ3v) is 5.17. The van der Waals surface area contributed by atoms with E-state index in [0.717, 1.165) is 10.1 Å². The summed E-state index contributed by atoms with van der Waals surface area (Å²) < 4.78 is 7.93. The number of aliphatic hydroxyl groups excluding tert-OH is 1. The zero-order valence-electron chi connectivity index (χ0n) is 18.1. The SMILES string of the molecule is C=C(CO)Cn1c(=O)[nH]/c(=N\c2ccc(OC3=NOCC3)cc2)n(Cc2ccc(Cl)cc2)c1=O. The van der Waals surface area contributed by atoms with Crippen LogP contribution in [0.4, 0.5) is 5.69 Å². The second-order valence-corrected chi connectivity index (χ2v) is 7.96. The van der Waals surface area contributed by atoms with Gasteiger partial charge in [0.1, 0.15) is 12.4 Å². The summed E-state index contributed by atoms with van der Waals surface area (Å²) in [4.78, 5) is 37.9. The van der Waals surface area contributed by atoms with Crippen LogP contribution in [0, 0.1) is 0 Å². The number of nitrogens with zero attached hydrogens (tertiary/aromatic N) is 4. The lowest BCUT2D eigenvalue weighted by molar-refractivity contribution is 0.173. The Labute approximate surface area is 198 Å². The molecule has 1 aliphatic heterocycles. The second kappa shape index (κ2) is 10.4.